The van der Waals surface area contributed by atoms with Crippen LogP contribution in [0.4, 0.5) is 0 Å². The van der Waals surface area contributed by atoms with Gasteiger partial charge in [-0.15, -0.1) is 0 Å². The average Bonchev–Trinajstić information content (AvgIpc) is 2.59. The Labute approximate surface area is 131 Å². The van der Waals surface area contributed by atoms with Gasteiger partial charge in [-0.3, -0.25) is 4.90 Å². The number of hydrogen-bond donors (Lipinski definition) is 1. The minimum Gasteiger partial charge on any atom is -0.383 e. The SMILES string of the molecule is COCCN1CCCCC(N)C1c1c(Cl)cccc1Cl. The summed E-state index contributed by atoms with van der Waals surface area (Å²) >= 11 is 12.8. The number of rotatable bonds is 4. The molecule has 2 rings (SSSR count). The molecule has 0 bridgehead atoms. The number of nitrogens with two attached hydrogens (primary N) is 1. The number of methoxy groups -OCH3 is 1. The van der Waals surface area contributed by atoms with Gasteiger partial charge in [0, 0.05) is 35.3 Å². The minimum absolute atomic E-state index is 0.0479. The average molecular weight is 317 g/mol. The molecule has 112 valence electrons. The zero-order chi connectivity index (χ0) is 14.5. The van der Waals surface area contributed by atoms with E-state index in [2.05, 4.69) is 4.90 Å². The predicted octanol–water partition coefficient (Wildman–Crippen LogP) is 3.49. The smallest absolute Gasteiger partial charge is 0.0589 e. The lowest BCUT2D eigenvalue weighted by molar-refractivity contribution is 0.115. The van der Waals surface area contributed by atoms with E-state index in [4.69, 9.17) is 33.7 Å². The van der Waals surface area contributed by atoms with Gasteiger partial charge in [-0.25, -0.2) is 0 Å². The summed E-state index contributed by atoms with van der Waals surface area (Å²) in [5, 5.41) is 1.39. The molecule has 3 nitrogen and oxygen atoms in total. The molecule has 0 aromatic heterocycles. The van der Waals surface area contributed by atoms with Crippen LogP contribution in [0.25, 0.3) is 0 Å². The van der Waals surface area contributed by atoms with Crippen molar-refractivity contribution >= 4 is 23.2 Å². The van der Waals surface area contributed by atoms with Crippen molar-refractivity contribution in [2.75, 3.05) is 26.8 Å². The van der Waals surface area contributed by atoms with Gasteiger partial charge < -0.3 is 10.5 Å². The first-order valence-corrected chi connectivity index (χ1v) is 7.83. The molecule has 2 unspecified atom stereocenters. The van der Waals surface area contributed by atoms with Crippen molar-refractivity contribution in [1.82, 2.24) is 4.90 Å². The molecule has 1 heterocycles. The molecule has 1 fully saturated rings. The van der Waals surface area contributed by atoms with Crippen molar-refractivity contribution < 1.29 is 4.74 Å². The predicted molar refractivity (Wildman–Crippen MR) is 84.5 cm³/mol. The lowest BCUT2D eigenvalue weighted by Gasteiger charge is -2.34. The number of ether oxygens (including phenoxy) is 1. The Balaban J connectivity index is 2.35. The molecule has 1 aliphatic rings. The van der Waals surface area contributed by atoms with Crippen molar-refractivity contribution in [2.45, 2.75) is 31.3 Å². The van der Waals surface area contributed by atoms with Crippen LogP contribution < -0.4 is 5.73 Å². The highest BCUT2D eigenvalue weighted by Gasteiger charge is 2.31. The van der Waals surface area contributed by atoms with Crippen molar-refractivity contribution in [3.63, 3.8) is 0 Å². The molecule has 1 aliphatic heterocycles. The molecule has 5 heteroatoms. The van der Waals surface area contributed by atoms with E-state index in [-0.39, 0.29) is 12.1 Å². The van der Waals surface area contributed by atoms with Gasteiger partial charge >= 0.3 is 0 Å². The third kappa shape index (κ3) is 3.66. The van der Waals surface area contributed by atoms with Crippen molar-refractivity contribution in [2.24, 2.45) is 5.73 Å². The van der Waals surface area contributed by atoms with Gasteiger partial charge in [-0.2, -0.15) is 0 Å². The highest BCUT2D eigenvalue weighted by molar-refractivity contribution is 6.36. The maximum Gasteiger partial charge on any atom is 0.0589 e. The van der Waals surface area contributed by atoms with Gasteiger partial charge in [0.2, 0.25) is 0 Å². The standard InChI is InChI=1S/C15H22Cl2N2O/c1-20-10-9-19-8-3-2-7-13(18)15(19)14-11(16)5-4-6-12(14)17/h4-6,13,15H,2-3,7-10,18H2,1H3. The van der Waals surface area contributed by atoms with Crippen molar-refractivity contribution in [1.29, 1.82) is 0 Å². The molecule has 1 saturated heterocycles. The first-order valence-electron chi connectivity index (χ1n) is 7.07. The largest absolute Gasteiger partial charge is 0.383 e. The van der Waals surface area contributed by atoms with Gasteiger partial charge in [0.1, 0.15) is 0 Å². The molecule has 2 atom stereocenters. The Morgan fingerprint density at radius 1 is 1.30 bits per heavy atom. The number of nitrogens with zero attached hydrogens (tertiary/aromatic N) is 1. The maximum absolute atomic E-state index is 6.41. The molecule has 0 radical (unpaired) electrons. The van der Waals surface area contributed by atoms with Gasteiger partial charge in [-0.1, -0.05) is 35.7 Å². The molecule has 0 spiro atoms. The summed E-state index contributed by atoms with van der Waals surface area (Å²) in [6.07, 6.45) is 3.29. The first-order chi connectivity index (χ1) is 9.65. The monoisotopic (exact) mass is 316 g/mol. The second kappa shape index (κ2) is 7.62. The van der Waals surface area contributed by atoms with Crippen LogP contribution in [0.15, 0.2) is 18.2 Å². The fourth-order valence-electron chi connectivity index (χ4n) is 2.91. The fraction of sp³-hybridized carbons (Fsp3) is 0.600. The van der Waals surface area contributed by atoms with Crippen LogP contribution in [0, 0.1) is 0 Å². The number of benzene rings is 1. The van der Waals surface area contributed by atoms with Gasteiger partial charge in [0.15, 0.2) is 0 Å². The minimum atomic E-state index is 0.0479. The quantitative estimate of drug-likeness (QED) is 0.924. The molecule has 2 N–H and O–H groups in total. The highest BCUT2D eigenvalue weighted by Crippen LogP contribution is 2.37. The van der Waals surface area contributed by atoms with Crippen LogP contribution in [-0.4, -0.2) is 37.7 Å². The molecule has 1 aromatic rings. The lowest BCUT2D eigenvalue weighted by Crippen LogP contribution is -2.41. The van der Waals surface area contributed by atoms with Gasteiger partial charge in [0.05, 0.1) is 12.6 Å². The first kappa shape index (κ1) is 16.1. The molecule has 0 aliphatic carbocycles. The Hall–Kier alpha value is -0.320. The Morgan fingerprint density at radius 3 is 2.65 bits per heavy atom. The van der Waals surface area contributed by atoms with E-state index in [0.717, 1.165) is 37.9 Å². The summed E-state index contributed by atoms with van der Waals surface area (Å²) in [5.41, 5.74) is 7.37. The topological polar surface area (TPSA) is 38.5 Å². The fourth-order valence-corrected chi connectivity index (χ4v) is 3.53. The number of likely N-dealkylation sites (tertiary alicyclic amines) is 1. The zero-order valence-electron chi connectivity index (χ0n) is 11.8. The summed E-state index contributed by atoms with van der Waals surface area (Å²) in [7, 11) is 1.72. The summed E-state index contributed by atoms with van der Waals surface area (Å²) < 4.78 is 5.22. The molecule has 0 amide bonds. The number of hydrogen-bond acceptors (Lipinski definition) is 3. The van der Waals surface area contributed by atoms with Crippen LogP contribution >= 0.6 is 23.2 Å². The second-order valence-electron chi connectivity index (χ2n) is 5.27. The summed E-state index contributed by atoms with van der Waals surface area (Å²) in [6.45, 7) is 2.53. The van der Waals surface area contributed by atoms with Gasteiger partial charge in [0.25, 0.3) is 0 Å². The van der Waals surface area contributed by atoms with E-state index in [1.165, 1.54) is 0 Å². The molecule has 1 aromatic carbocycles. The van der Waals surface area contributed by atoms with E-state index in [9.17, 15) is 0 Å². The Bertz CT molecular complexity index is 422. The second-order valence-corrected chi connectivity index (χ2v) is 6.08. The lowest BCUT2D eigenvalue weighted by atomic mass is 9.96. The third-order valence-electron chi connectivity index (χ3n) is 3.91. The molecule has 0 saturated carbocycles. The van der Waals surface area contributed by atoms with E-state index in [0.29, 0.717) is 16.7 Å². The van der Waals surface area contributed by atoms with Crippen LogP contribution in [0.3, 0.4) is 0 Å². The highest BCUT2D eigenvalue weighted by atomic mass is 35.5. The normalized spacial score (nSPS) is 24.6. The summed E-state index contributed by atoms with van der Waals surface area (Å²) in [6, 6.07) is 5.75. The summed E-state index contributed by atoms with van der Waals surface area (Å²) in [5.74, 6) is 0. The van der Waals surface area contributed by atoms with Crippen LogP contribution in [0.5, 0.6) is 0 Å². The molecular formula is C15H22Cl2N2O. The molecular weight excluding hydrogens is 295 g/mol. The van der Waals surface area contributed by atoms with Crippen LogP contribution in [0.2, 0.25) is 10.0 Å². The van der Waals surface area contributed by atoms with E-state index in [1.54, 1.807) is 7.11 Å². The van der Waals surface area contributed by atoms with Crippen molar-refractivity contribution in [3.8, 4) is 0 Å². The Kier molecular flexibility index (Phi) is 6.12. The van der Waals surface area contributed by atoms with Gasteiger partial charge in [-0.05, 0) is 31.5 Å². The molecule has 20 heavy (non-hydrogen) atoms. The van der Waals surface area contributed by atoms with Crippen LogP contribution in [0.1, 0.15) is 30.9 Å². The van der Waals surface area contributed by atoms with E-state index < -0.39 is 0 Å². The third-order valence-corrected chi connectivity index (χ3v) is 4.57. The van der Waals surface area contributed by atoms with Crippen LogP contribution in [-0.2, 0) is 4.74 Å². The Morgan fingerprint density at radius 2 is 2.00 bits per heavy atom. The van der Waals surface area contributed by atoms with E-state index >= 15 is 0 Å². The summed E-state index contributed by atoms with van der Waals surface area (Å²) in [4.78, 5) is 2.36. The zero-order valence-corrected chi connectivity index (χ0v) is 13.3. The number of halogens is 2. The van der Waals surface area contributed by atoms with E-state index in [1.807, 2.05) is 18.2 Å². The maximum atomic E-state index is 6.41. The van der Waals surface area contributed by atoms with Crippen molar-refractivity contribution in [3.05, 3.63) is 33.8 Å².